The van der Waals surface area contributed by atoms with Gasteiger partial charge in [0.25, 0.3) is 0 Å². The first kappa shape index (κ1) is 19.1. The van der Waals surface area contributed by atoms with E-state index in [-0.39, 0.29) is 17.7 Å². The number of alkyl halides is 3. The van der Waals surface area contributed by atoms with Crippen molar-refractivity contribution in [1.29, 1.82) is 0 Å². The van der Waals surface area contributed by atoms with Crippen molar-refractivity contribution in [2.75, 3.05) is 37.1 Å². The molecule has 11 heteroatoms. The minimum Gasteiger partial charge on any atom is -0.399 e. The molecule has 2 fully saturated rings. The third kappa shape index (κ3) is 3.43. The van der Waals surface area contributed by atoms with E-state index in [1.54, 1.807) is 24.3 Å². The summed E-state index contributed by atoms with van der Waals surface area (Å²) in [6.07, 6.45) is -3.02. The molecule has 0 saturated carbocycles. The van der Waals surface area contributed by atoms with Gasteiger partial charge in [0.05, 0.1) is 50.1 Å². The molecule has 2 saturated heterocycles. The highest BCUT2D eigenvalue weighted by molar-refractivity contribution is 5.89. The summed E-state index contributed by atoms with van der Waals surface area (Å²) in [6.45, 7) is 0.588. The molecule has 4 heterocycles. The van der Waals surface area contributed by atoms with Crippen LogP contribution >= 0.6 is 0 Å². The Morgan fingerprint density at radius 3 is 2.23 bits per heavy atom. The lowest BCUT2D eigenvalue weighted by Crippen LogP contribution is -2.60. The predicted molar refractivity (Wildman–Crippen MR) is 103 cm³/mol. The number of nitrogens with zero attached hydrogens (tertiary/aromatic N) is 5. The molecule has 0 unspecified atom stereocenters. The van der Waals surface area contributed by atoms with Gasteiger partial charge in [-0.05, 0) is 24.3 Å². The van der Waals surface area contributed by atoms with Gasteiger partial charge in [0.1, 0.15) is 12.4 Å². The number of hydrogen-bond donors (Lipinski definition) is 1. The largest absolute Gasteiger partial charge is 0.408 e. The molecule has 0 radical (unpaired) electrons. The highest BCUT2D eigenvalue weighted by Gasteiger charge is 2.38. The number of benzene rings is 1. The lowest BCUT2D eigenvalue weighted by atomic mass is 10.1. The highest BCUT2D eigenvalue weighted by Crippen LogP contribution is 2.34. The molecule has 1 aromatic carbocycles. The fourth-order valence-corrected chi connectivity index (χ4v) is 3.93. The van der Waals surface area contributed by atoms with Gasteiger partial charge in [-0.2, -0.15) is 18.3 Å². The summed E-state index contributed by atoms with van der Waals surface area (Å²) in [5, 5.41) is 4.43. The number of morpholine rings is 2. The van der Waals surface area contributed by atoms with Crippen molar-refractivity contribution in [3.05, 3.63) is 30.5 Å². The van der Waals surface area contributed by atoms with Crippen LogP contribution in [0.15, 0.2) is 30.5 Å². The summed E-state index contributed by atoms with van der Waals surface area (Å²) < 4.78 is 51.5. The zero-order chi connectivity index (χ0) is 20.9. The van der Waals surface area contributed by atoms with Crippen molar-refractivity contribution < 1.29 is 22.6 Å². The molecule has 0 aliphatic carbocycles. The SMILES string of the molecule is Nc1ccc(-c2nc(N3C4COCC3COC4)c3cnn(CC(F)(F)F)c3n2)cc1. The summed E-state index contributed by atoms with van der Waals surface area (Å²) in [7, 11) is 0. The van der Waals surface area contributed by atoms with Crippen molar-refractivity contribution in [3.63, 3.8) is 0 Å². The van der Waals surface area contributed by atoms with Crippen molar-refractivity contribution in [2.24, 2.45) is 0 Å². The monoisotopic (exact) mass is 420 g/mol. The molecular formula is C19H19F3N6O2. The van der Waals surface area contributed by atoms with E-state index in [9.17, 15) is 13.2 Å². The second-order valence-corrected chi connectivity index (χ2v) is 7.44. The summed E-state index contributed by atoms with van der Waals surface area (Å²) in [6, 6.07) is 6.73. The lowest BCUT2D eigenvalue weighted by Gasteiger charge is -2.46. The average molecular weight is 420 g/mol. The van der Waals surface area contributed by atoms with Gasteiger partial charge in [-0.3, -0.25) is 0 Å². The minimum absolute atomic E-state index is 0.0826. The number of fused-ring (bicyclic) bond motifs is 3. The van der Waals surface area contributed by atoms with E-state index in [0.717, 1.165) is 4.68 Å². The van der Waals surface area contributed by atoms with Crippen molar-refractivity contribution in [1.82, 2.24) is 19.7 Å². The van der Waals surface area contributed by atoms with Gasteiger partial charge < -0.3 is 20.1 Å². The van der Waals surface area contributed by atoms with Crippen LogP contribution in [0.4, 0.5) is 24.7 Å². The Kier molecular flexibility index (Phi) is 4.51. The van der Waals surface area contributed by atoms with E-state index >= 15 is 0 Å². The zero-order valence-corrected chi connectivity index (χ0v) is 15.8. The van der Waals surface area contributed by atoms with Crippen LogP contribution in [0.5, 0.6) is 0 Å². The predicted octanol–water partition coefficient (Wildman–Crippen LogP) is 2.24. The number of halogens is 3. The first-order chi connectivity index (χ1) is 14.4. The maximum absolute atomic E-state index is 13.1. The molecule has 2 aromatic heterocycles. The molecule has 0 spiro atoms. The van der Waals surface area contributed by atoms with Crippen LogP contribution in [0.25, 0.3) is 22.4 Å². The van der Waals surface area contributed by atoms with Gasteiger partial charge in [0.15, 0.2) is 11.5 Å². The van der Waals surface area contributed by atoms with E-state index in [4.69, 9.17) is 20.2 Å². The summed E-state index contributed by atoms with van der Waals surface area (Å²) >= 11 is 0. The van der Waals surface area contributed by atoms with Crippen molar-refractivity contribution in [2.45, 2.75) is 24.8 Å². The average Bonchev–Trinajstić information content (AvgIpc) is 3.08. The van der Waals surface area contributed by atoms with Crippen LogP contribution < -0.4 is 10.6 Å². The Bertz CT molecular complexity index is 1050. The maximum Gasteiger partial charge on any atom is 0.408 e. The smallest absolute Gasteiger partial charge is 0.399 e. The van der Waals surface area contributed by atoms with Crippen LogP contribution in [0.2, 0.25) is 0 Å². The Morgan fingerprint density at radius 2 is 1.63 bits per heavy atom. The van der Waals surface area contributed by atoms with E-state index in [1.165, 1.54) is 6.20 Å². The second kappa shape index (κ2) is 7.10. The molecule has 0 atom stereocenters. The molecule has 2 aliphatic heterocycles. The van der Waals surface area contributed by atoms with Gasteiger partial charge in [-0.1, -0.05) is 0 Å². The fourth-order valence-electron chi connectivity index (χ4n) is 3.93. The Hall–Kier alpha value is -2.92. The molecule has 5 rings (SSSR count). The molecule has 30 heavy (non-hydrogen) atoms. The van der Waals surface area contributed by atoms with Crippen molar-refractivity contribution >= 4 is 22.5 Å². The Morgan fingerprint density at radius 1 is 1.00 bits per heavy atom. The van der Waals surface area contributed by atoms with Gasteiger partial charge in [0, 0.05) is 11.3 Å². The van der Waals surface area contributed by atoms with E-state index in [0.29, 0.717) is 54.7 Å². The fraction of sp³-hybridized carbons (Fsp3) is 0.421. The normalized spacial score (nSPS) is 21.9. The highest BCUT2D eigenvalue weighted by atomic mass is 19.4. The first-order valence-corrected chi connectivity index (χ1v) is 9.49. The quantitative estimate of drug-likeness (QED) is 0.650. The zero-order valence-electron chi connectivity index (χ0n) is 15.8. The molecule has 2 N–H and O–H groups in total. The van der Waals surface area contributed by atoms with E-state index in [2.05, 4.69) is 15.0 Å². The van der Waals surface area contributed by atoms with Gasteiger partial charge in [-0.15, -0.1) is 0 Å². The number of hydrogen-bond acceptors (Lipinski definition) is 7. The number of nitrogens with two attached hydrogens (primary N) is 1. The summed E-state index contributed by atoms with van der Waals surface area (Å²) in [5.74, 6) is 0.855. The molecule has 3 aromatic rings. The van der Waals surface area contributed by atoms with Crippen LogP contribution in [0, 0.1) is 0 Å². The number of aromatic nitrogens is 4. The van der Waals surface area contributed by atoms with Gasteiger partial charge in [0.2, 0.25) is 0 Å². The number of rotatable bonds is 3. The molecule has 8 nitrogen and oxygen atoms in total. The topological polar surface area (TPSA) is 91.3 Å². The summed E-state index contributed by atoms with van der Waals surface area (Å²) in [5.41, 5.74) is 7.12. The van der Waals surface area contributed by atoms with Crippen LogP contribution in [-0.4, -0.2) is 64.4 Å². The van der Waals surface area contributed by atoms with Gasteiger partial charge in [-0.25, -0.2) is 14.6 Å². The number of nitrogen functional groups attached to an aromatic ring is 1. The third-order valence-corrected chi connectivity index (χ3v) is 5.25. The third-order valence-electron chi connectivity index (χ3n) is 5.25. The molecular weight excluding hydrogens is 401 g/mol. The second-order valence-electron chi connectivity index (χ2n) is 7.44. The van der Waals surface area contributed by atoms with E-state index in [1.807, 2.05) is 0 Å². The number of anilines is 2. The maximum atomic E-state index is 13.1. The van der Waals surface area contributed by atoms with Crippen LogP contribution in [-0.2, 0) is 16.0 Å². The minimum atomic E-state index is -4.42. The van der Waals surface area contributed by atoms with Crippen molar-refractivity contribution in [3.8, 4) is 11.4 Å². The lowest BCUT2D eigenvalue weighted by molar-refractivity contribution is -0.141. The molecule has 158 valence electrons. The summed E-state index contributed by atoms with van der Waals surface area (Å²) in [4.78, 5) is 11.3. The van der Waals surface area contributed by atoms with Crippen LogP contribution in [0.3, 0.4) is 0 Å². The Balaban J connectivity index is 1.69. The standard InChI is InChI=1S/C19H19F3N6O2/c20-19(21,22)10-27-17-15(5-24-27)18(28-13-6-29-8-14(28)9-30-7-13)26-16(25-17)11-1-3-12(23)4-2-11/h1-5,13-14H,6-10,23H2. The van der Waals surface area contributed by atoms with Gasteiger partial charge >= 0.3 is 6.18 Å². The Labute approximate surface area is 169 Å². The number of ether oxygens (including phenoxy) is 2. The first-order valence-electron chi connectivity index (χ1n) is 9.49. The van der Waals surface area contributed by atoms with E-state index < -0.39 is 12.7 Å². The van der Waals surface area contributed by atoms with Crippen LogP contribution in [0.1, 0.15) is 0 Å². The molecule has 0 amide bonds. The molecule has 2 aliphatic rings. The molecule has 2 bridgehead atoms.